The van der Waals surface area contributed by atoms with Gasteiger partial charge in [-0.15, -0.1) is 0 Å². The fourth-order valence-electron chi connectivity index (χ4n) is 7.39. The molecule has 4 heteroatoms. The van der Waals surface area contributed by atoms with Crippen molar-refractivity contribution in [2.75, 3.05) is 0 Å². The molecule has 11 aromatic rings. The SMILES string of the molecule is [2H]c1cc(-n2c3c([2H])c([2H])c([2H])c([2H])c3c3c4c5c([2H])c([2H])c([2H])c([2H])c5n(-c5nc(-c6ccc7ccccc7c6)c6cc(-c7ccccc7)ccc6n5)c4c([2H])c([2H])c32)c([2H])c([2H])c1C. The molecule has 8 aromatic carbocycles. The second-order valence-corrected chi connectivity index (χ2v) is 12.9. The van der Waals surface area contributed by atoms with Gasteiger partial charge in [0.25, 0.3) is 0 Å². The number of benzene rings is 8. The number of fused-ring (bicyclic) bond motifs is 9. The lowest BCUT2D eigenvalue weighted by Gasteiger charge is -2.13. The first-order valence-corrected chi connectivity index (χ1v) is 17.0. The normalized spacial score (nSPS) is 15.3. The molecule has 0 radical (unpaired) electrons. The lowest BCUT2D eigenvalue weighted by molar-refractivity contribution is 1.01. The van der Waals surface area contributed by atoms with E-state index >= 15 is 0 Å². The fourth-order valence-corrected chi connectivity index (χ4v) is 7.39. The van der Waals surface area contributed by atoms with Crippen molar-refractivity contribution in [1.29, 1.82) is 0 Å². The van der Waals surface area contributed by atoms with Crippen molar-refractivity contribution in [3.05, 3.63) is 181 Å². The van der Waals surface area contributed by atoms with Crippen LogP contribution < -0.4 is 0 Å². The van der Waals surface area contributed by atoms with Gasteiger partial charge in [-0.3, -0.25) is 4.57 Å². The number of nitrogens with zero attached hydrogens (tertiary/aromatic N) is 4. The summed E-state index contributed by atoms with van der Waals surface area (Å²) in [4.78, 5) is 10.2. The van der Waals surface area contributed by atoms with Crippen LogP contribution >= 0.6 is 0 Å². The Morgan fingerprint density at radius 3 is 1.94 bits per heavy atom. The summed E-state index contributed by atoms with van der Waals surface area (Å²) in [6, 6.07) is 24.1. The fraction of sp³-hybridized carbons (Fsp3) is 0.0204. The van der Waals surface area contributed by atoms with E-state index in [9.17, 15) is 8.22 Å². The van der Waals surface area contributed by atoms with Crippen molar-refractivity contribution in [2.45, 2.75) is 6.92 Å². The van der Waals surface area contributed by atoms with E-state index in [-0.39, 0.29) is 72.9 Å². The van der Waals surface area contributed by atoms with E-state index in [0.717, 1.165) is 21.9 Å². The highest BCUT2D eigenvalue weighted by Crippen LogP contribution is 2.42. The number of hydrogen-bond acceptors (Lipinski definition) is 2. The molecular formula is C49H32N4. The van der Waals surface area contributed by atoms with E-state index in [2.05, 4.69) is 0 Å². The summed E-state index contributed by atoms with van der Waals surface area (Å²) in [6.07, 6.45) is 0. The minimum Gasteiger partial charge on any atom is -0.309 e. The first-order chi connectivity index (χ1) is 31.6. The van der Waals surface area contributed by atoms with E-state index in [1.807, 2.05) is 91.0 Å². The zero-order valence-corrected chi connectivity index (χ0v) is 28.0. The van der Waals surface area contributed by atoms with Crippen LogP contribution in [0.25, 0.3) is 99.3 Å². The first kappa shape index (κ1) is 19.5. The molecule has 0 amide bonds. The quantitative estimate of drug-likeness (QED) is 0.184. The Balaban J connectivity index is 1.37. The van der Waals surface area contributed by atoms with Gasteiger partial charge in [0, 0.05) is 38.2 Å². The summed E-state index contributed by atoms with van der Waals surface area (Å²) in [7, 11) is 0. The number of aromatic nitrogens is 4. The van der Waals surface area contributed by atoms with Crippen molar-refractivity contribution in [3.63, 3.8) is 0 Å². The van der Waals surface area contributed by atoms with Gasteiger partial charge in [0.15, 0.2) is 0 Å². The van der Waals surface area contributed by atoms with Crippen molar-refractivity contribution in [1.82, 2.24) is 19.1 Å². The van der Waals surface area contributed by atoms with E-state index in [1.165, 1.54) is 22.1 Å². The summed E-state index contributed by atoms with van der Waals surface area (Å²) >= 11 is 0. The second kappa shape index (κ2) is 11.5. The van der Waals surface area contributed by atoms with Gasteiger partial charge < -0.3 is 4.57 Å². The van der Waals surface area contributed by atoms with Crippen molar-refractivity contribution >= 4 is 65.3 Å². The molecule has 53 heavy (non-hydrogen) atoms. The molecule has 3 aromatic heterocycles. The molecule has 4 nitrogen and oxygen atoms in total. The van der Waals surface area contributed by atoms with Crippen LogP contribution in [0.3, 0.4) is 0 Å². The Kier molecular flexibility index (Phi) is 4.24. The third-order valence-electron chi connectivity index (χ3n) is 9.81. The monoisotopic (exact) mass is 689 g/mol. The van der Waals surface area contributed by atoms with Gasteiger partial charge in [0.05, 0.1) is 51.1 Å². The first-order valence-electron chi connectivity index (χ1n) is 23.5. The minimum absolute atomic E-state index is 0.0343. The van der Waals surface area contributed by atoms with Gasteiger partial charge in [-0.1, -0.05) is 127 Å². The molecule has 0 aliphatic carbocycles. The van der Waals surface area contributed by atoms with E-state index in [4.69, 9.17) is 19.6 Å². The highest BCUT2D eigenvalue weighted by molar-refractivity contribution is 6.28. The molecule has 0 atom stereocenters. The van der Waals surface area contributed by atoms with Crippen molar-refractivity contribution < 1.29 is 17.8 Å². The molecule has 0 bridgehead atoms. The summed E-state index contributed by atoms with van der Waals surface area (Å²) in [5.74, 6) is -0.0919. The van der Waals surface area contributed by atoms with E-state index in [0.29, 0.717) is 22.2 Å². The minimum atomic E-state index is -0.633. The van der Waals surface area contributed by atoms with E-state index < -0.39 is 66.5 Å². The van der Waals surface area contributed by atoms with E-state index in [1.54, 1.807) is 0 Å². The predicted octanol–water partition coefficient (Wildman–Crippen LogP) is 12.6. The molecule has 0 aliphatic heterocycles. The maximum atomic E-state index is 9.85. The maximum Gasteiger partial charge on any atom is 0.235 e. The summed E-state index contributed by atoms with van der Waals surface area (Å²) < 4.78 is 121. The lowest BCUT2D eigenvalue weighted by Crippen LogP contribution is -2.03. The van der Waals surface area contributed by atoms with Gasteiger partial charge in [-0.05, 0) is 83.3 Å². The summed E-state index contributed by atoms with van der Waals surface area (Å²) in [5.41, 5.74) is 2.88. The average molecular weight is 690 g/mol. The molecular weight excluding hydrogens is 645 g/mol. The second-order valence-electron chi connectivity index (χ2n) is 12.9. The van der Waals surface area contributed by atoms with Crippen LogP contribution in [0, 0.1) is 6.92 Å². The topological polar surface area (TPSA) is 35.6 Å². The zero-order chi connectivity index (χ0) is 46.4. The van der Waals surface area contributed by atoms with Crippen LogP contribution in [0.1, 0.15) is 23.4 Å². The third-order valence-corrected chi connectivity index (χ3v) is 9.81. The molecule has 0 unspecified atom stereocenters. The lowest BCUT2D eigenvalue weighted by atomic mass is 9.99. The molecule has 11 rings (SSSR count). The van der Waals surface area contributed by atoms with Gasteiger partial charge in [0.1, 0.15) is 0 Å². The molecule has 248 valence electrons. The molecule has 3 heterocycles. The number of hydrogen-bond donors (Lipinski definition) is 0. The Morgan fingerprint density at radius 1 is 0.472 bits per heavy atom. The van der Waals surface area contributed by atoms with Crippen LogP contribution in [0.2, 0.25) is 0 Å². The van der Waals surface area contributed by atoms with Crippen LogP contribution in [-0.2, 0) is 0 Å². The largest absolute Gasteiger partial charge is 0.309 e. The molecule has 0 fully saturated rings. The number of para-hydroxylation sites is 2. The van der Waals surface area contributed by atoms with Gasteiger partial charge in [0.2, 0.25) is 5.95 Å². The molecule has 0 aliphatic rings. The standard InChI is InChI=1S/C49H32N4/c1-31-19-24-37(25-20-31)52-42-17-9-7-15-38(42)46-44(52)27-28-45-47(46)39-16-8-10-18-43(39)53(45)49-50-41-26-23-35(32-11-3-2-4-12-32)30-40(41)48(51-49)36-22-21-33-13-5-6-14-34(33)29-36/h2-30H,1H3/i7D,8D,9D,10D,15D,16D,17D,18D,19D,20D,24D,27D,28D. The van der Waals surface area contributed by atoms with Crippen LogP contribution in [0.5, 0.6) is 0 Å². The molecule has 0 saturated carbocycles. The Hall–Kier alpha value is -7.04. The molecule has 0 N–H and O–H groups in total. The van der Waals surface area contributed by atoms with Gasteiger partial charge in [-0.25, -0.2) is 9.97 Å². The Morgan fingerprint density at radius 2 is 1.15 bits per heavy atom. The summed E-state index contributed by atoms with van der Waals surface area (Å²) in [6.45, 7) is 1.51. The molecule has 0 spiro atoms. The zero-order valence-electron chi connectivity index (χ0n) is 41.0. The third kappa shape index (κ3) is 4.56. The average Bonchev–Trinajstić information content (AvgIpc) is 3.88. The molecule has 0 saturated heterocycles. The number of rotatable bonds is 4. The van der Waals surface area contributed by atoms with Crippen molar-refractivity contribution in [3.8, 4) is 34.0 Å². The Bertz CT molecular complexity index is 3990. The van der Waals surface area contributed by atoms with Crippen LogP contribution in [0.15, 0.2) is 176 Å². The Labute approximate surface area is 324 Å². The highest BCUT2D eigenvalue weighted by atomic mass is 15.2. The summed E-state index contributed by atoms with van der Waals surface area (Å²) in [5, 5.41) is 2.24. The smallest absolute Gasteiger partial charge is 0.235 e. The van der Waals surface area contributed by atoms with Crippen LogP contribution in [-0.4, -0.2) is 19.1 Å². The van der Waals surface area contributed by atoms with Crippen molar-refractivity contribution in [2.24, 2.45) is 0 Å². The maximum absolute atomic E-state index is 9.85. The van der Waals surface area contributed by atoms with Crippen LogP contribution in [0.4, 0.5) is 0 Å². The highest BCUT2D eigenvalue weighted by Gasteiger charge is 2.22. The van der Waals surface area contributed by atoms with Gasteiger partial charge >= 0.3 is 0 Å². The van der Waals surface area contributed by atoms with Gasteiger partial charge in [-0.2, -0.15) is 0 Å². The predicted molar refractivity (Wildman–Crippen MR) is 221 cm³/mol.